The summed E-state index contributed by atoms with van der Waals surface area (Å²) in [6, 6.07) is 17.2. The van der Waals surface area contributed by atoms with E-state index in [2.05, 4.69) is 85.2 Å². The van der Waals surface area contributed by atoms with Crippen LogP contribution in [0.25, 0.3) is 5.57 Å². The van der Waals surface area contributed by atoms with E-state index < -0.39 is 0 Å². The van der Waals surface area contributed by atoms with E-state index >= 15 is 0 Å². The van der Waals surface area contributed by atoms with E-state index in [1.54, 1.807) is 0 Å². The van der Waals surface area contributed by atoms with Gasteiger partial charge in [0.25, 0.3) is 6.47 Å². The van der Waals surface area contributed by atoms with Gasteiger partial charge in [-0.3, -0.25) is 4.79 Å². The molecule has 0 saturated carbocycles. The average molecular weight is 409 g/mol. The number of benzene rings is 2. The Kier molecular flexibility index (Phi) is 10.5. The SMILES string of the molecule is CCCc1ccc(OCc2cccc(/C3=C/SC/C=C\C=C/C3)c2)cc1.O=CO. The first kappa shape index (κ1) is 22.6. The summed E-state index contributed by atoms with van der Waals surface area (Å²) in [4.78, 5) is 8.36. The van der Waals surface area contributed by atoms with Gasteiger partial charge in [0.1, 0.15) is 12.4 Å². The number of hydrogen-bond donors (Lipinski definition) is 1. The highest BCUT2D eigenvalue weighted by molar-refractivity contribution is 8.02. The Morgan fingerprint density at radius 2 is 1.83 bits per heavy atom. The zero-order valence-corrected chi connectivity index (χ0v) is 17.6. The second-order valence-corrected chi connectivity index (χ2v) is 7.43. The predicted molar refractivity (Wildman–Crippen MR) is 123 cm³/mol. The Balaban J connectivity index is 0.000000941. The van der Waals surface area contributed by atoms with Crippen LogP contribution < -0.4 is 4.74 Å². The summed E-state index contributed by atoms with van der Waals surface area (Å²) in [7, 11) is 0. The first-order valence-electron chi connectivity index (χ1n) is 9.78. The van der Waals surface area contributed by atoms with Gasteiger partial charge in [0.05, 0.1) is 0 Å². The standard InChI is InChI=1S/C24H26OS.CH2O2/c1-2-8-20-12-14-24(15-13-20)25-18-21-9-7-11-22(17-21)23-10-5-3-4-6-16-26-19-23;2-1-3/h3-7,9,11-15,17,19H,2,8,10,16,18H2,1H3;1H,(H,2,3)/b5-3-,6-4-,23-19+;. The second kappa shape index (κ2) is 13.5. The van der Waals surface area contributed by atoms with Crippen molar-refractivity contribution >= 4 is 23.8 Å². The summed E-state index contributed by atoms with van der Waals surface area (Å²) in [5.74, 6) is 1.95. The maximum Gasteiger partial charge on any atom is 0.290 e. The van der Waals surface area contributed by atoms with Crippen molar-refractivity contribution in [2.45, 2.75) is 32.8 Å². The molecule has 3 rings (SSSR count). The number of thioether (sulfide) groups is 1. The van der Waals surface area contributed by atoms with Crippen molar-refractivity contribution in [1.29, 1.82) is 0 Å². The van der Waals surface area contributed by atoms with Gasteiger partial charge in [0.15, 0.2) is 0 Å². The molecule has 2 aromatic rings. The van der Waals surface area contributed by atoms with Gasteiger partial charge in [-0.15, -0.1) is 11.8 Å². The largest absolute Gasteiger partial charge is 0.489 e. The lowest BCUT2D eigenvalue weighted by molar-refractivity contribution is -0.122. The van der Waals surface area contributed by atoms with Crippen LogP contribution in [0.1, 0.15) is 36.5 Å². The first-order chi connectivity index (χ1) is 14.3. The van der Waals surface area contributed by atoms with Crippen LogP contribution in [0, 0.1) is 0 Å². The highest BCUT2D eigenvalue weighted by Gasteiger charge is 2.04. The highest BCUT2D eigenvalue weighted by atomic mass is 32.2. The predicted octanol–water partition coefficient (Wildman–Crippen LogP) is 6.51. The first-order valence-corrected chi connectivity index (χ1v) is 10.8. The third kappa shape index (κ3) is 8.44. The Labute approximate surface area is 177 Å². The third-order valence-corrected chi connectivity index (χ3v) is 5.14. The monoisotopic (exact) mass is 408 g/mol. The molecule has 0 fully saturated rings. The van der Waals surface area contributed by atoms with Gasteiger partial charge in [0.2, 0.25) is 0 Å². The molecule has 0 aliphatic carbocycles. The summed E-state index contributed by atoms with van der Waals surface area (Å²) in [5.41, 5.74) is 5.21. The molecule has 1 heterocycles. The van der Waals surface area contributed by atoms with Crippen molar-refractivity contribution < 1.29 is 14.6 Å². The average Bonchev–Trinajstić information content (AvgIpc) is 2.88. The van der Waals surface area contributed by atoms with E-state index in [4.69, 9.17) is 14.6 Å². The van der Waals surface area contributed by atoms with Crippen LogP contribution in [0.2, 0.25) is 0 Å². The van der Waals surface area contributed by atoms with Gasteiger partial charge < -0.3 is 9.84 Å². The van der Waals surface area contributed by atoms with Crippen molar-refractivity contribution in [2.75, 3.05) is 5.75 Å². The van der Waals surface area contributed by atoms with Gasteiger partial charge in [-0.1, -0.05) is 68.0 Å². The Hall–Kier alpha value is -2.72. The molecule has 152 valence electrons. The molecule has 0 radical (unpaired) electrons. The fourth-order valence-electron chi connectivity index (χ4n) is 2.91. The van der Waals surface area contributed by atoms with Gasteiger partial charge in [-0.25, -0.2) is 0 Å². The summed E-state index contributed by atoms with van der Waals surface area (Å²) in [5, 5.41) is 9.17. The number of ether oxygens (including phenoxy) is 1. The minimum atomic E-state index is -0.250. The van der Waals surface area contributed by atoms with Crippen LogP contribution in [0.15, 0.2) is 78.2 Å². The molecule has 1 N–H and O–H groups in total. The van der Waals surface area contributed by atoms with E-state index in [9.17, 15) is 0 Å². The molecule has 0 spiro atoms. The molecule has 2 aromatic carbocycles. The van der Waals surface area contributed by atoms with Gasteiger partial charge in [-0.2, -0.15) is 0 Å². The quantitative estimate of drug-likeness (QED) is 0.554. The molecule has 4 heteroatoms. The third-order valence-electron chi connectivity index (χ3n) is 4.30. The molecular weight excluding hydrogens is 380 g/mol. The van der Waals surface area contributed by atoms with Crippen LogP contribution in [-0.2, 0) is 17.8 Å². The normalized spacial score (nSPS) is 17.2. The molecule has 0 saturated heterocycles. The van der Waals surface area contributed by atoms with Gasteiger partial charge >= 0.3 is 0 Å². The smallest absolute Gasteiger partial charge is 0.290 e. The zero-order chi connectivity index (χ0) is 20.7. The Morgan fingerprint density at radius 3 is 2.59 bits per heavy atom. The van der Waals surface area contributed by atoms with Crippen LogP contribution in [0.3, 0.4) is 0 Å². The Morgan fingerprint density at radius 1 is 1.07 bits per heavy atom. The summed E-state index contributed by atoms with van der Waals surface area (Å²) in [6.07, 6.45) is 11.9. The fraction of sp³-hybridized carbons (Fsp3) is 0.240. The van der Waals surface area contributed by atoms with Crippen molar-refractivity contribution in [3.8, 4) is 5.75 Å². The van der Waals surface area contributed by atoms with Crippen molar-refractivity contribution in [1.82, 2.24) is 0 Å². The maximum atomic E-state index is 8.36. The highest BCUT2D eigenvalue weighted by Crippen LogP contribution is 2.25. The minimum absolute atomic E-state index is 0.250. The lowest BCUT2D eigenvalue weighted by Crippen LogP contribution is -1.97. The van der Waals surface area contributed by atoms with E-state index in [-0.39, 0.29) is 6.47 Å². The Bertz CT molecular complexity index is 835. The van der Waals surface area contributed by atoms with E-state index in [1.165, 1.54) is 28.7 Å². The topological polar surface area (TPSA) is 46.5 Å². The molecule has 0 bridgehead atoms. The molecule has 0 aromatic heterocycles. The summed E-state index contributed by atoms with van der Waals surface area (Å²) in [6.45, 7) is 2.55. The number of carboxylic acid groups (broad SMARTS) is 1. The number of hydrogen-bond acceptors (Lipinski definition) is 3. The van der Waals surface area contributed by atoms with Gasteiger partial charge in [-0.05, 0) is 58.7 Å². The van der Waals surface area contributed by atoms with Crippen LogP contribution >= 0.6 is 11.8 Å². The lowest BCUT2D eigenvalue weighted by atomic mass is 10.0. The van der Waals surface area contributed by atoms with Crippen molar-refractivity contribution in [2.24, 2.45) is 0 Å². The number of allylic oxidation sites excluding steroid dienone is 4. The maximum absolute atomic E-state index is 8.36. The summed E-state index contributed by atoms with van der Waals surface area (Å²) < 4.78 is 5.98. The zero-order valence-electron chi connectivity index (χ0n) is 16.8. The fourth-order valence-corrected chi connectivity index (χ4v) is 3.67. The molecule has 0 unspecified atom stereocenters. The second-order valence-electron chi connectivity index (χ2n) is 6.53. The van der Waals surface area contributed by atoms with Crippen molar-refractivity contribution in [3.63, 3.8) is 0 Å². The molecule has 1 aliphatic heterocycles. The van der Waals surface area contributed by atoms with E-state index in [0.717, 1.165) is 24.3 Å². The summed E-state index contributed by atoms with van der Waals surface area (Å²) >= 11 is 1.85. The number of aryl methyl sites for hydroxylation is 1. The number of rotatable bonds is 6. The van der Waals surface area contributed by atoms with Crippen LogP contribution in [-0.4, -0.2) is 17.3 Å². The van der Waals surface area contributed by atoms with Crippen LogP contribution in [0.5, 0.6) is 5.75 Å². The lowest BCUT2D eigenvalue weighted by Gasteiger charge is -2.10. The minimum Gasteiger partial charge on any atom is -0.489 e. The molecule has 0 atom stereocenters. The van der Waals surface area contributed by atoms with Crippen molar-refractivity contribution in [3.05, 3.63) is 94.9 Å². The molecule has 0 amide bonds. The van der Waals surface area contributed by atoms with E-state index in [0.29, 0.717) is 6.61 Å². The molecule has 1 aliphatic rings. The molecular formula is C25H28O3S. The molecule has 3 nitrogen and oxygen atoms in total. The molecule has 29 heavy (non-hydrogen) atoms. The number of carbonyl (C=O) groups is 1. The van der Waals surface area contributed by atoms with Gasteiger partial charge in [0, 0.05) is 5.75 Å². The van der Waals surface area contributed by atoms with Crippen LogP contribution in [0.4, 0.5) is 0 Å². The van der Waals surface area contributed by atoms with E-state index in [1.807, 2.05) is 11.8 Å².